The van der Waals surface area contributed by atoms with E-state index in [1.807, 2.05) is 13.8 Å². The maximum atomic E-state index is 10.4. The van der Waals surface area contributed by atoms with Gasteiger partial charge in [0.15, 0.2) is 0 Å². The fourth-order valence-electron chi connectivity index (χ4n) is 1.20. The zero-order valence-corrected chi connectivity index (χ0v) is 15.7. The summed E-state index contributed by atoms with van der Waals surface area (Å²) in [5.74, 6) is -1.13. The van der Waals surface area contributed by atoms with Gasteiger partial charge in [0.2, 0.25) is 0 Å². The van der Waals surface area contributed by atoms with Crippen LogP contribution in [0.15, 0.2) is 0 Å². The maximum Gasteiger partial charge on any atom is 0.305 e. The van der Waals surface area contributed by atoms with E-state index < -0.39 is 12.1 Å². The molecule has 0 aliphatic carbocycles. The van der Waals surface area contributed by atoms with E-state index in [0.29, 0.717) is 19.4 Å². The number of unbranched alkanes of at least 4 members (excludes halogenated alkanes) is 2. The van der Waals surface area contributed by atoms with Crippen LogP contribution in [0, 0.1) is 0 Å². The number of rotatable bonds is 9. The highest BCUT2D eigenvalue weighted by atomic mass is 16.5. The van der Waals surface area contributed by atoms with Crippen LogP contribution in [0.25, 0.3) is 0 Å². The Balaban J connectivity index is -0.000000276. The number of carbonyl (C=O) groups excluding carboxylic acids is 2. The van der Waals surface area contributed by atoms with Gasteiger partial charge in [0.25, 0.3) is 0 Å². The molecule has 7 heteroatoms. The van der Waals surface area contributed by atoms with Gasteiger partial charge in [-0.05, 0) is 26.7 Å². The van der Waals surface area contributed by atoms with Crippen molar-refractivity contribution in [3.63, 3.8) is 0 Å². The van der Waals surface area contributed by atoms with Gasteiger partial charge in [-0.2, -0.15) is 0 Å². The van der Waals surface area contributed by atoms with Crippen LogP contribution in [0.1, 0.15) is 73.1 Å². The van der Waals surface area contributed by atoms with Gasteiger partial charge in [0, 0.05) is 19.8 Å². The smallest absolute Gasteiger partial charge is 0.305 e. The van der Waals surface area contributed by atoms with Crippen LogP contribution in [-0.4, -0.2) is 47.4 Å². The number of hydrogen-bond acceptors (Lipinski definition) is 6. The lowest BCUT2D eigenvalue weighted by Gasteiger charge is -2.01. The Morgan fingerprint density at radius 3 is 1.83 bits per heavy atom. The lowest BCUT2D eigenvalue weighted by atomic mass is 10.2. The normalized spacial score (nSPS) is 10.2. The summed E-state index contributed by atoms with van der Waals surface area (Å²) in [7, 11) is 0. The summed E-state index contributed by atoms with van der Waals surface area (Å²) in [5.41, 5.74) is 0. The first-order valence-electron chi connectivity index (χ1n) is 8.39. The molecule has 2 N–H and O–H groups in total. The first-order chi connectivity index (χ1) is 11.2. The molecule has 0 aromatic carbocycles. The molecule has 0 fully saturated rings. The van der Waals surface area contributed by atoms with E-state index in [4.69, 9.17) is 10.2 Å². The molecule has 0 heterocycles. The van der Waals surface area contributed by atoms with Crippen molar-refractivity contribution in [3.05, 3.63) is 0 Å². The van der Waals surface area contributed by atoms with E-state index in [1.54, 1.807) is 6.92 Å². The highest BCUT2D eigenvalue weighted by Crippen LogP contribution is 1.97. The standard InChI is InChI=1S/2C6H12O2.C5H10O3/c1-3-5-6(7)8-4-2;1-2-3-4-5-6(7)8;1-4(6)3-8-5(2)7/h3-5H2,1-2H3;2-5H2,1H3,(H,7,8);4,6H,3H2,1-2H3. The quantitative estimate of drug-likeness (QED) is 0.486. The Labute approximate surface area is 145 Å². The van der Waals surface area contributed by atoms with Crippen LogP contribution in [0.3, 0.4) is 0 Å². The minimum Gasteiger partial charge on any atom is -0.481 e. The van der Waals surface area contributed by atoms with E-state index in [0.717, 1.165) is 25.7 Å². The monoisotopic (exact) mass is 350 g/mol. The molecule has 1 atom stereocenters. The Morgan fingerprint density at radius 2 is 1.54 bits per heavy atom. The van der Waals surface area contributed by atoms with Gasteiger partial charge in [0.05, 0.1) is 12.7 Å². The Kier molecular flexibility index (Phi) is 24.2. The third-order valence-corrected chi connectivity index (χ3v) is 2.28. The number of carboxylic acids is 1. The highest BCUT2D eigenvalue weighted by Gasteiger charge is 1.96. The van der Waals surface area contributed by atoms with Crippen molar-refractivity contribution in [2.75, 3.05) is 13.2 Å². The zero-order valence-electron chi connectivity index (χ0n) is 15.7. The van der Waals surface area contributed by atoms with Crippen LogP contribution < -0.4 is 0 Å². The van der Waals surface area contributed by atoms with Crippen LogP contribution in [-0.2, 0) is 23.9 Å². The summed E-state index contributed by atoms with van der Waals surface area (Å²) in [6.45, 7) is 9.28. The molecule has 144 valence electrons. The number of aliphatic carboxylic acids is 1. The molecule has 24 heavy (non-hydrogen) atoms. The largest absolute Gasteiger partial charge is 0.481 e. The summed E-state index contributed by atoms with van der Waals surface area (Å²) < 4.78 is 9.06. The van der Waals surface area contributed by atoms with Crippen molar-refractivity contribution < 1.29 is 34.1 Å². The minimum atomic E-state index is -0.682. The molecule has 0 aromatic heterocycles. The first kappa shape index (κ1) is 27.2. The molecule has 0 saturated heterocycles. The van der Waals surface area contributed by atoms with Gasteiger partial charge in [-0.3, -0.25) is 14.4 Å². The van der Waals surface area contributed by atoms with Gasteiger partial charge in [-0.1, -0.05) is 26.7 Å². The molecule has 0 spiro atoms. The Hall–Kier alpha value is -1.63. The number of ether oxygens (including phenoxy) is 2. The number of carboxylic acid groups (broad SMARTS) is 1. The average Bonchev–Trinajstić information content (AvgIpc) is 2.47. The van der Waals surface area contributed by atoms with E-state index in [2.05, 4.69) is 16.4 Å². The summed E-state index contributed by atoms with van der Waals surface area (Å²) >= 11 is 0. The summed E-state index contributed by atoms with van der Waals surface area (Å²) in [4.78, 5) is 30.3. The third kappa shape index (κ3) is 37.0. The maximum absolute atomic E-state index is 10.4. The van der Waals surface area contributed by atoms with E-state index in [1.165, 1.54) is 6.92 Å². The summed E-state index contributed by atoms with van der Waals surface area (Å²) in [5, 5.41) is 16.7. The molecule has 0 bridgehead atoms. The predicted molar refractivity (Wildman–Crippen MR) is 91.6 cm³/mol. The van der Waals surface area contributed by atoms with E-state index in [9.17, 15) is 14.4 Å². The van der Waals surface area contributed by atoms with Crippen molar-refractivity contribution in [1.29, 1.82) is 0 Å². The number of hydrogen-bond donors (Lipinski definition) is 2. The van der Waals surface area contributed by atoms with Crippen LogP contribution in [0.4, 0.5) is 0 Å². The molecule has 0 rings (SSSR count). The number of esters is 2. The molecular formula is C17H34O7. The third-order valence-electron chi connectivity index (χ3n) is 2.28. The minimum absolute atomic E-state index is 0.0880. The molecule has 0 saturated carbocycles. The van der Waals surface area contributed by atoms with Crippen molar-refractivity contribution in [3.8, 4) is 0 Å². The molecule has 0 radical (unpaired) electrons. The lowest BCUT2D eigenvalue weighted by Crippen LogP contribution is -2.12. The fraction of sp³-hybridized carbons (Fsp3) is 0.824. The van der Waals surface area contributed by atoms with Crippen molar-refractivity contribution in [2.24, 2.45) is 0 Å². The average molecular weight is 350 g/mol. The topological polar surface area (TPSA) is 110 Å². The molecule has 1 unspecified atom stereocenters. The van der Waals surface area contributed by atoms with Gasteiger partial charge in [0.1, 0.15) is 6.61 Å². The van der Waals surface area contributed by atoms with Crippen molar-refractivity contribution >= 4 is 17.9 Å². The fourth-order valence-corrected chi connectivity index (χ4v) is 1.20. The first-order valence-corrected chi connectivity index (χ1v) is 8.39. The molecule has 0 aliphatic heterocycles. The summed E-state index contributed by atoms with van der Waals surface area (Å²) in [6.07, 6.45) is 4.14. The van der Waals surface area contributed by atoms with Crippen LogP contribution >= 0.6 is 0 Å². The second-order valence-electron chi connectivity index (χ2n) is 5.06. The number of aliphatic hydroxyl groups is 1. The predicted octanol–water partition coefficient (Wildman–Crippen LogP) is 2.93. The second kappa shape index (κ2) is 21.4. The second-order valence-corrected chi connectivity index (χ2v) is 5.06. The number of aliphatic hydroxyl groups excluding tert-OH is 1. The van der Waals surface area contributed by atoms with Crippen molar-refractivity contribution in [1.82, 2.24) is 0 Å². The van der Waals surface area contributed by atoms with E-state index >= 15 is 0 Å². The Bertz CT molecular complexity index is 306. The van der Waals surface area contributed by atoms with Gasteiger partial charge in [-0.15, -0.1) is 0 Å². The lowest BCUT2D eigenvalue weighted by molar-refractivity contribution is -0.144. The summed E-state index contributed by atoms with van der Waals surface area (Å²) in [6, 6.07) is 0. The van der Waals surface area contributed by atoms with Gasteiger partial charge >= 0.3 is 17.9 Å². The SMILES string of the molecule is CC(=O)OCC(C)O.CCCC(=O)OCC.CCCCCC(=O)O. The Morgan fingerprint density at radius 1 is 0.958 bits per heavy atom. The van der Waals surface area contributed by atoms with Gasteiger partial charge in [-0.25, -0.2) is 0 Å². The molecule has 0 aliphatic rings. The molecule has 7 nitrogen and oxygen atoms in total. The van der Waals surface area contributed by atoms with E-state index in [-0.39, 0.29) is 18.5 Å². The number of carbonyl (C=O) groups is 3. The van der Waals surface area contributed by atoms with Crippen LogP contribution in [0.5, 0.6) is 0 Å². The van der Waals surface area contributed by atoms with Crippen LogP contribution in [0.2, 0.25) is 0 Å². The zero-order chi connectivity index (χ0) is 19.4. The highest BCUT2D eigenvalue weighted by molar-refractivity contribution is 5.69. The van der Waals surface area contributed by atoms with Crippen molar-refractivity contribution in [2.45, 2.75) is 79.2 Å². The molecule has 0 amide bonds. The van der Waals surface area contributed by atoms with Gasteiger partial charge < -0.3 is 19.7 Å². The molecule has 0 aromatic rings. The molecular weight excluding hydrogens is 316 g/mol.